The molecule has 2 nitrogen and oxygen atoms in total. The zero-order valence-corrected chi connectivity index (χ0v) is 14.1. The molecule has 0 aliphatic carbocycles. The molecule has 0 aliphatic rings. The van der Waals surface area contributed by atoms with Crippen molar-refractivity contribution in [2.45, 2.75) is 38.9 Å². The van der Waals surface area contributed by atoms with Gasteiger partial charge in [0.25, 0.3) is 0 Å². The standard InChI is InChI=1S/C18H26N2S/c1-15(2)20(14-17-10-7-13-21-17)12-11-18(19-3)16-8-5-4-6-9-16/h4-10,13,15,18-19H,11-12,14H2,1-3H3. The smallest absolute Gasteiger partial charge is 0.0330 e. The molecule has 1 aromatic heterocycles. The Morgan fingerprint density at radius 1 is 1.10 bits per heavy atom. The number of hydrogen-bond donors (Lipinski definition) is 1. The molecule has 0 spiro atoms. The van der Waals surface area contributed by atoms with Crippen molar-refractivity contribution in [2.75, 3.05) is 13.6 Å². The van der Waals surface area contributed by atoms with Gasteiger partial charge in [-0.3, -0.25) is 4.90 Å². The highest BCUT2D eigenvalue weighted by molar-refractivity contribution is 7.09. The van der Waals surface area contributed by atoms with E-state index >= 15 is 0 Å². The minimum absolute atomic E-state index is 0.427. The first kappa shape index (κ1) is 16.2. The van der Waals surface area contributed by atoms with Gasteiger partial charge in [0, 0.05) is 30.1 Å². The molecule has 1 heterocycles. The molecule has 2 rings (SSSR count). The van der Waals surface area contributed by atoms with Crippen molar-refractivity contribution in [3.63, 3.8) is 0 Å². The Morgan fingerprint density at radius 2 is 1.86 bits per heavy atom. The van der Waals surface area contributed by atoms with Crippen molar-refractivity contribution in [1.29, 1.82) is 0 Å². The third-order valence-corrected chi connectivity index (χ3v) is 4.79. The molecule has 0 fully saturated rings. The number of thiophene rings is 1. The van der Waals surface area contributed by atoms with Gasteiger partial charge in [0.2, 0.25) is 0 Å². The minimum atomic E-state index is 0.427. The maximum Gasteiger partial charge on any atom is 0.0330 e. The summed E-state index contributed by atoms with van der Waals surface area (Å²) in [6.45, 7) is 6.73. The van der Waals surface area contributed by atoms with Gasteiger partial charge in [0.05, 0.1) is 0 Å². The molecule has 1 aromatic carbocycles. The lowest BCUT2D eigenvalue weighted by Gasteiger charge is -2.28. The molecule has 114 valence electrons. The molecule has 0 saturated heterocycles. The topological polar surface area (TPSA) is 15.3 Å². The van der Waals surface area contributed by atoms with Gasteiger partial charge < -0.3 is 5.32 Å². The first-order valence-corrected chi connectivity index (χ1v) is 8.57. The SMILES string of the molecule is CNC(CCN(Cc1cccs1)C(C)C)c1ccccc1. The second-order valence-corrected chi connectivity index (χ2v) is 6.72. The molecule has 0 aliphatic heterocycles. The predicted octanol–water partition coefficient (Wildman–Crippen LogP) is 4.31. The molecular formula is C18H26N2S. The van der Waals surface area contributed by atoms with Crippen LogP contribution in [-0.2, 0) is 6.54 Å². The van der Waals surface area contributed by atoms with Gasteiger partial charge in [-0.2, -0.15) is 0 Å². The molecule has 21 heavy (non-hydrogen) atoms. The van der Waals surface area contributed by atoms with Crippen molar-refractivity contribution < 1.29 is 0 Å². The number of hydrogen-bond acceptors (Lipinski definition) is 3. The third kappa shape index (κ3) is 4.95. The van der Waals surface area contributed by atoms with Crippen LogP contribution in [-0.4, -0.2) is 24.5 Å². The monoisotopic (exact) mass is 302 g/mol. The molecule has 0 bridgehead atoms. The van der Waals surface area contributed by atoms with Crippen LogP contribution >= 0.6 is 11.3 Å². The van der Waals surface area contributed by atoms with E-state index in [1.807, 2.05) is 11.3 Å². The van der Waals surface area contributed by atoms with E-state index in [0.717, 1.165) is 19.5 Å². The van der Waals surface area contributed by atoms with Crippen molar-refractivity contribution in [1.82, 2.24) is 10.2 Å². The highest BCUT2D eigenvalue weighted by Crippen LogP contribution is 2.19. The first-order valence-electron chi connectivity index (χ1n) is 7.69. The van der Waals surface area contributed by atoms with Gasteiger partial charge in [0.15, 0.2) is 0 Å². The fourth-order valence-corrected chi connectivity index (χ4v) is 3.31. The van der Waals surface area contributed by atoms with Crippen LogP contribution in [0.5, 0.6) is 0 Å². The summed E-state index contributed by atoms with van der Waals surface area (Å²) in [4.78, 5) is 4.00. The van der Waals surface area contributed by atoms with Gasteiger partial charge in [0.1, 0.15) is 0 Å². The van der Waals surface area contributed by atoms with Crippen LogP contribution in [0.25, 0.3) is 0 Å². The summed E-state index contributed by atoms with van der Waals surface area (Å²) in [5, 5.41) is 5.61. The van der Waals surface area contributed by atoms with Gasteiger partial charge in [-0.1, -0.05) is 36.4 Å². The number of nitrogens with zero attached hydrogens (tertiary/aromatic N) is 1. The summed E-state index contributed by atoms with van der Waals surface area (Å²) in [5.74, 6) is 0. The van der Waals surface area contributed by atoms with Gasteiger partial charge >= 0.3 is 0 Å². The van der Waals surface area contributed by atoms with Gasteiger partial charge in [-0.25, -0.2) is 0 Å². The largest absolute Gasteiger partial charge is 0.313 e. The summed E-state index contributed by atoms with van der Waals surface area (Å²) < 4.78 is 0. The lowest BCUT2D eigenvalue weighted by Crippen LogP contribution is -2.33. The van der Waals surface area contributed by atoms with Crippen LogP contribution in [0.1, 0.15) is 36.8 Å². The van der Waals surface area contributed by atoms with Crippen molar-refractivity contribution >= 4 is 11.3 Å². The maximum atomic E-state index is 3.45. The number of benzene rings is 1. The summed E-state index contributed by atoms with van der Waals surface area (Å²) in [7, 11) is 2.05. The normalized spacial score (nSPS) is 13.0. The third-order valence-electron chi connectivity index (χ3n) is 3.92. The molecule has 3 heteroatoms. The van der Waals surface area contributed by atoms with Crippen LogP contribution in [0.4, 0.5) is 0 Å². The van der Waals surface area contributed by atoms with E-state index in [1.54, 1.807) is 0 Å². The fourth-order valence-electron chi connectivity index (χ4n) is 2.58. The first-order chi connectivity index (χ1) is 10.2. The lowest BCUT2D eigenvalue weighted by atomic mass is 10.0. The molecular weight excluding hydrogens is 276 g/mol. The molecule has 2 aromatic rings. The molecule has 0 radical (unpaired) electrons. The van der Waals surface area contributed by atoms with E-state index in [2.05, 4.69) is 79.0 Å². The second kappa shape index (κ2) is 8.32. The van der Waals surface area contributed by atoms with E-state index < -0.39 is 0 Å². The van der Waals surface area contributed by atoms with E-state index in [0.29, 0.717) is 12.1 Å². The van der Waals surface area contributed by atoms with Crippen molar-refractivity contribution in [3.05, 3.63) is 58.3 Å². The summed E-state index contributed by atoms with van der Waals surface area (Å²) in [6, 6.07) is 16.1. The van der Waals surface area contributed by atoms with E-state index in [4.69, 9.17) is 0 Å². The summed E-state index contributed by atoms with van der Waals surface area (Å²) >= 11 is 1.85. The molecule has 0 saturated carbocycles. The maximum absolute atomic E-state index is 3.45. The van der Waals surface area contributed by atoms with E-state index in [-0.39, 0.29) is 0 Å². The Bertz CT molecular complexity index is 493. The summed E-state index contributed by atoms with van der Waals surface area (Å²) in [6.07, 6.45) is 1.13. The van der Waals surface area contributed by atoms with Crippen LogP contribution in [0.15, 0.2) is 47.8 Å². The van der Waals surface area contributed by atoms with Crippen molar-refractivity contribution in [3.8, 4) is 0 Å². The number of rotatable bonds is 8. The summed E-state index contributed by atoms with van der Waals surface area (Å²) in [5.41, 5.74) is 1.37. The van der Waals surface area contributed by atoms with Crippen LogP contribution in [0, 0.1) is 0 Å². The molecule has 1 atom stereocenters. The van der Waals surface area contributed by atoms with Crippen LogP contribution < -0.4 is 5.32 Å². The highest BCUT2D eigenvalue weighted by Gasteiger charge is 2.14. The molecule has 1 unspecified atom stereocenters. The Balaban J connectivity index is 1.94. The predicted molar refractivity (Wildman–Crippen MR) is 92.7 cm³/mol. The minimum Gasteiger partial charge on any atom is -0.313 e. The van der Waals surface area contributed by atoms with Gasteiger partial charge in [-0.15, -0.1) is 11.3 Å². The van der Waals surface area contributed by atoms with E-state index in [9.17, 15) is 0 Å². The zero-order valence-electron chi connectivity index (χ0n) is 13.3. The van der Waals surface area contributed by atoms with Crippen LogP contribution in [0.2, 0.25) is 0 Å². The Hall–Kier alpha value is -1.16. The Labute approximate surface area is 132 Å². The highest BCUT2D eigenvalue weighted by atomic mass is 32.1. The average Bonchev–Trinajstić information content (AvgIpc) is 3.00. The Kier molecular flexibility index (Phi) is 6.43. The second-order valence-electron chi connectivity index (χ2n) is 5.68. The average molecular weight is 302 g/mol. The quantitative estimate of drug-likeness (QED) is 0.781. The lowest BCUT2D eigenvalue weighted by molar-refractivity contribution is 0.203. The molecule has 0 amide bonds. The fraction of sp³-hybridized carbons (Fsp3) is 0.444. The zero-order chi connectivity index (χ0) is 15.1. The number of nitrogens with one attached hydrogen (secondary N) is 1. The van der Waals surface area contributed by atoms with Crippen molar-refractivity contribution in [2.24, 2.45) is 0 Å². The van der Waals surface area contributed by atoms with E-state index in [1.165, 1.54) is 10.4 Å². The van der Waals surface area contributed by atoms with Gasteiger partial charge in [-0.05, 0) is 44.3 Å². The van der Waals surface area contributed by atoms with Crippen LogP contribution in [0.3, 0.4) is 0 Å². The Morgan fingerprint density at radius 3 is 2.43 bits per heavy atom. The molecule has 1 N–H and O–H groups in total.